The van der Waals surface area contributed by atoms with Gasteiger partial charge in [-0.2, -0.15) is 4.98 Å². The van der Waals surface area contributed by atoms with Crippen LogP contribution in [0.4, 0.5) is 10.1 Å². The van der Waals surface area contributed by atoms with Crippen LogP contribution in [0.15, 0.2) is 59.3 Å². The minimum atomic E-state index is -0.554. The van der Waals surface area contributed by atoms with Gasteiger partial charge in [-0.05, 0) is 48.5 Å². The number of hydrogen-bond donors (Lipinski definition) is 1. The number of carbonyl (C=O) groups is 1. The van der Waals surface area contributed by atoms with Crippen LogP contribution in [0.1, 0.15) is 0 Å². The summed E-state index contributed by atoms with van der Waals surface area (Å²) in [5, 5.41) is 6.64. The van der Waals surface area contributed by atoms with Crippen LogP contribution in [0.3, 0.4) is 0 Å². The Morgan fingerprint density at radius 2 is 2.03 bits per heavy atom. The first-order valence-corrected chi connectivity index (χ1v) is 9.59. The molecule has 0 bridgehead atoms. The summed E-state index contributed by atoms with van der Waals surface area (Å²) < 4.78 is 31.0. The van der Waals surface area contributed by atoms with E-state index in [-0.39, 0.29) is 30.2 Å². The number of benzene rings is 2. The molecule has 4 aromatic rings. The van der Waals surface area contributed by atoms with Crippen molar-refractivity contribution < 1.29 is 23.2 Å². The van der Waals surface area contributed by atoms with Crippen molar-refractivity contribution >= 4 is 23.2 Å². The fourth-order valence-electron chi connectivity index (χ4n) is 3.16. The van der Waals surface area contributed by atoms with E-state index in [2.05, 4.69) is 15.5 Å². The Kier molecular flexibility index (Phi) is 4.79. The van der Waals surface area contributed by atoms with Crippen molar-refractivity contribution in [3.63, 3.8) is 0 Å². The lowest BCUT2D eigenvalue weighted by Crippen LogP contribution is -2.18. The first-order valence-electron chi connectivity index (χ1n) is 9.21. The first-order chi connectivity index (χ1) is 15.1. The number of nitrogens with one attached hydrogen (secondary N) is 1. The second-order valence-corrected chi connectivity index (χ2v) is 7.10. The van der Waals surface area contributed by atoms with E-state index in [9.17, 15) is 9.18 Å². The zero-order valence-corrected chi connectivity index (χ0v) is 16.6. The summed E-state index contributed by atoms with van der Waals surface area (Å²) >= 11 is 5.76. The maximum atomic E-state index is 13.3. The average Bonchev–Trinajstić information content (AvgIpc) is 3.50. The monoisotopic (exact) mass is 440 g/mol. The Hall–Kier alpha value is -3.85. The predicted octanol–water partition coefficient (Wildman–Crippen LogP) is 4.37. The van der Waals surface area contributed by atoms with Crippen molar-refractivity contribution in [3.8, 4) is 34.5 Å². The lowest BCUT2D eigenvalue weighted by atomic mass is 10.2. The topological polar surface area (TPSA) is 91.4 Å². The third-order valence-corrected chi connectivity index (χ3v) is 4.91. The van der Waals surface area contributed by atoms with E-state index >= 15 is 0 Å². The van der Waals surface area contributed by atoms with Gasteiger partial charge in [0.1, 0.15) is 18.1 Å². The van der Waals surface area contributed by atoms with Crippen LogP contribution < -0.4 is 14.8 Å². The van der Waals surface area contributed by atoms with Crippen molar-refractivity contribution in [3.05, 3.63) is 65.6 Å². The van der Waals surface area contributed by atoms with Crippen LogP contribution in [0.5, 0.6) is 11.5 Å². The van der Waals surface area contributed by atoms with Crippen LogP contribution in [-0.4, -0.2) is 27.4 Å². The maximum absolute atomic E-state index is 13.3. The molecule has 3 heterocycles. The van der Waals surface area contributed by atoms with Crippen molar-refractivity contribution in [2.45, 2.75) is 6.54 Å². The molecule has 1 N–H and O–H groups in total. The maximum Gasteiger partial charge on any atom is 0.274 e. The lowest BCUT2D eigenvalue weighted by Gasteiger charge is -2.08. The number of nitrogens with zero attached hydrogens (tertiary/aromatic N) is 3. The molecule has 31 heavy (non-hydrogen) atoms. The number of amides is 1. The second-order valence-electron chi connectivity index (χ2n) is 6.69. The van der Waals surface area contributed by atoms with E-state index in [1.807, 2.05) is 6.07 Å². The summed E-state index contributed by atoms with van der Waals surface area (Å²) in [5.41, 5.74) is 1.68. The fraction of sp³-hybridized carbons (Fsp3) is 0.0952. The minimum Gasteiger partial charge on any atom is -0.454 e. The molecule has 2 aromatic heterocycles. The van der Waals surface area contributed by atoms with Crippen LogP contribution >= 0.6 is 11.6 Å². The SMILES string of the molecule is O=C(Cn1cccc1-c1nc(-c2ccc3c(c2)OCO3)no1)Nc1ccc(F)c(Cl)c1. The third kappa shape index (κ3) is 3.82. The van der Waals surface area contributed by atoms with E-state index < -0.39 is 5.82 Å². The van der Waals surface area contributed by atoms with Gasteiger partial charge in [-0.25, -0.2) is 4.39 Å². The molecule has 1 aliphatic rings. The molecule has 156 valence electrons. The smallest absolute Gasteiger partial charge is 0.274 e. The lowest BCUT2D eigenvalue weighted by molar-refractivity contribution is -0.116. The molecule has 1 amide bonds. The zero-order chi connectivity index (χ0) is 21.4. The van der Waals surface area contributed by atoms with Gasteiger partial charge in [-0.1, -0.05) is 16.8 Å². The molecule has 0 aliphatic carbocycles. The van der Waals surface area contributed by atoms with Gasteiger partial charge in [0.2, 0.25) is 18.5 Å². The van der Waals surface area contributed by atoms with Gasteiger partial charge >= 0.3 is 0 Å². The standard InChI is InChI=1S/C21H14ClFN4O4/c22-14-9-13(4-5-15(14)23)24-19(28)10-27-7-1-2-16(27)21-25-20(26-31-21)12-3-6-17-18(8-12)30-11-29-17/h1-9H,10-11H2,(H,24,28). The van der Waals surface area contributed by atoms with Crippen LogP contribution in [0, 0.1) is 5.82 Å². The number of aromatic nitrogens is 3. The molecular weight excluding hydrogens is 427 g/mol. The predicted molar refractivity (Wildman–Crippen MR) is 109 cm³/mol. The average molecular weight is 441 g/mol. The van der Waals surface area contributed by atoms with Gasteiger partial charge in [0, 0.05) is 17.4 Å². The number of hydrogen-bond acceptors (Lipinski definition) is 6. The van der Waals surface area contributed by atoms with E-state index in [0.717, 1.165) is 0 Å². The quantitative estimate of drug-likeness (QED) is 0.495. The Bertz CT molecular complexity index is 1290. The van der Waals surface area contributed by atoms with E-state index in [1.165, 1.54) is 18.2 Å². The molecule has 0 saturated carbocycles. The Balaban J connectivity index is 1.33. The highest BCUT2D eigenvalue weighted by Crippen LogP contribution is 2.35. The molecule has 0 saturated heterocycles. The molecule has 10 heteroatoms. The van der Waals surface area contributed by atoms with Gasteiger partial charge < -0.3 is 23.9 Å². The van der Waals surface area contributed by atoms with Crippen LogP contribution in [-0.2, 0) is 11.3 Å². The van der Waals surface area contributed by atoms with Crippen molar-refractivity contribution in [2.24, 2.45) is 0 Å². The molecule has 8 nitrogen and oxygen atoms in total. The highest BCUT2D eigenvalue weighted by Gasteiger charge is 2.19. The normalized spacial score (nSPS) is 12.2. The molecule has 0 atom stereocenters. The summed E-state index contributed by atoms with van der Waals surface area (Å²) in [6, 6.07) is 12.9. The number of rotatable bonds is 5. The van der Waals surface area contributed by atoms with Gasteiger partial charge in [0.25, 0.3) is 5.89 Å². The fourth-order valence-corrected chi connectivity index (χ4v) is 3.34. The Labute approximate surface area is 180 Å². The molecule has 2 aromatic carbocycles. The van der Waals surface area contributed by atoms with E-state index in [1.54, 1.807) is 35.0 Å². The third-order valence-electron chi connectivity index (χ3n) is 4.62. The number of halogens is 2. The number of carbonyl (C=O) groups excluding carboxylic acids is 1. The summed E-state index contributed by atoms with van der Waals surface area (Å²) in [6.07, 6.45) is 1.72. The molecular formula is C21H14ClFN4O4. The van der Waals surface area contributed by atoms with E-state index in [0.29, 0.717) is 34.3 Å². The summed E-state index contributed by atoms with van der Waals surface area (Å²) in [5.74, 6) is 1.04. The van der Waals surface area contributed by atoms with Gasteiger partial charge in [-0.3, -0.25) is 4.79 Å². The molecule has 5 rings (SSSR count). The number of ether oxygens (including phenoxy) is 2. The molecule has 0 radical (unpaired) electrons. The number of anilines is 1. The second kappa shape index (κ2) is 7.77. The summed E-state index contributed by atoms with van der Waals surface area (Å²) in [4.78, 5) is 16.9. The molecule has 0 fully saturated rings. The first kappa shape index (κ1) is 19.1. The van der Waals surface area contributed by atoms with Crippen molar-refractivity contribution in [1.29, 1.82) is 0 Å². The van der Waals surface area contributed by atoms with Crippen LogP contribution in [0.2, 0.25) is 5.02 Å². The summed E-state index contributed by atoms with van der Waals surface area (Å²) in [6.45, 7) is 0.162. The highest BCUT2D eigenvalue weighted by molar-refractivity contribution is 6.31. The summed E-state index contributed by atoms with van der Waals surface area (Å²) in [7, 11) is 0. The van der Waals surface area contributed by atoms with Crippen molar-refractivity contribution in [1.82, 2.24) is 14.7 Å². The largest absolute Gasteiger partial charge is 0.454 e. The zero-order valence-electron chi connectivity index (χ0n) is 15.8. The van der Waals surface area contributed by atoms with E-state index in [4.69, 9.17) is 25.6 Å². The van der Waals surface area contributed by atoms with Gasteiger partial charge in [0.05, 0.1) is 5.02 Å². The van der Waals surface area contributed by atoms with Gasteiger partial charge in [0.15, 0.2) is 11.5 Å². The Morgan fingerprint density at radius 1 is 1.16 bits per heavy atom. The van der Waals surface area contributed by atoms with Crippen LogP contribution in [0.25, 0.3) is 23.0 Å². The minimum absolute atomic E-state index is 0.0148. The van der Waals surface area contributed by atoms with Crippen molar-refractivity contribution in [2.75, 3.05) is 12.1 Å². The van der Waals surface area contributed by atoms with Gasteiger partial charge in [-0.15, -0.1) is 0 Å². The molecule has 0 unspecified atom stereocenters. The highest BCUT2D eigenvalue weighted by atomic mass is 35.5. The molecule has 0 spiro atoms. The molecule has 1 aliphatic heterocycles. The number of fused-ring (bicyclic) bond motifs is 1. The Morgan fingerprint density at radius 3 is 2.90 bits per heavy atom.